The lowest BCUT2D eigenvalue weighted by atomic mass is 10.00. The number of carboxylic acid groups (broad SMARTS) is 1. The van der Waals surface area contributed by atoms with Crippen LogP contribution >= 0.6 is 0 Å². The van der Waals surface area contributed by atoms with Gasteiger partial charge in [-0.05, 0) is 24.5 Å². The molecule has 1 unspecified atom stereocenters. The number of aliphatic carboxylic acids is 1. The number of rotatable bonds is 5. The largest absolute Gasteiger partial charge is 0.491 e. The lowest BCUT2D eigenvalue weighted by Gasteiger charge is -2.12. The van der Waals surface area contributed by atoms with Crippen LogP contribution in [0, 0.1) is 5.92 Å². The number of carbonyl (C=O) groups is 1. The van der Waals surface area contributed by atoms with E-state index in [-0.39, 0.29) is 12.5 Å². The zero-order chi connectivity index (χ0) is 11.1. The van der Waals surface area contributed by atoms with Crippen LogP contribution in [0.4, 0.5) is 4.39 Å². The van der Waals surface area contributed by atoms with Gasteiger partial charge in [0.1, 0.15) is 19.0 Å². The summed E-state index contributed by atoms with van der Waals surface area (Å²) in [6.07, 6.45) is 8.81. The van der Waals surface area contributed by atoms with Crippen LogP contribution in [0.2, 0.25) is 0 Å². The summed E-state index contributed by atoms with van der Waals surface area (Å²) in [5, 5.41) is 8.42. The number of halogens is 1. The molecular weight excluding hydrogens is 199 g/mol. The molecule has 0 bridgehead atoms. The molecule has 0 radical (unpaired) electrons. The third-order valence-corrected chi connectivity index (χ3v) is 1.93. The van der Waals surface area contributed by atoms with Crippen molar-refractivity contribution in [1.82, 2.24) is 0 Å². The Labute approximate surface area is 87.5 Å². The second kappa shape index (κ2) is 6.01. The molecule has 1 aliphatic carbocycles. The summed E-state index contributed by atoms with van der Waals surface area (Å²) >= 11 is 0. The normalized spacial score (nSPS) is 20.3. The molecule has 1 aliphatic rings. The van der Waals surface area contributed by atoms with Crippen molar-refractivity contribution in [1.29, 1.82) is 0 Å². The molecule has 1 atom stereocenters. The Morgan fingerprint density at radius 3 is 3.07 bits per heavy atom. The quantitative estimate of drug-likeness (QED) is 0.709. The Hall–Kier alpha value is -1.58. The maximum Gasteiger partial charge on any atom is 0.327 e. The third kappa shape index (κ3) is 4.44. The van der Waals surface area contributed by atoms with Crippen molar-refractivity contribution in [2.75, 3.05) is 13.3 Å². The Balaban J connectivity index is 2.38. The van der Waals surface area contributed by atoms with Crippen molar-refractivity contribution >= 4 is 5.97 Å². The SMILES string of the molecule is O=C(O)/C=C/C1C=CC(OCCF)=CC1. The topological polar surface area (TPSA) is 46.5 Å². The van der Waals surface area contributed by atoms with E-state index in [9.17, 15) is 9.18 Å². The summed E-state index contributed by atoms with van der Waals surface area (Å²) in [5.74, 6) is -0.224. The lowest BCUT2D eigenvalue weighted by molar-refractivity contribution is -0.131. The van der Waals surface area contributed by atoms with E-state index in [0.29, 0.717) is 12.2 Å². The van der Waals surface area contributed by atoms with Crippen LogP contribution in [0.3, 0.4) is 0 Å². The minimum Gasteiger partial charge on any atom is -0.491 e. The van der Waals surface area contributed by atoms with E-state index in [1.807, 2.05) is 12.2 Å². The first-order chi connectivity index (χ1) is 7.22. The molecular formula is C11H13FO3. The summed E-state index contributed by atoms with van der Waals surface area (Å²) in [4.78, 5) is 10.3. The zero-order valence-electron chi connectivity index (χ0n) is 8.23. The van der Waals surface area contributed by atoms with Gasteiger partial charge in [-0.3, -0.25) is 0 Å². The molecule has 0 saturated heterocycles. The average Bonchev–Trinajstić information content (AvgIpc) is 2.25. The van der Waals surface area contributed by atoms with Crippen LogP contribution in [0.1, 0.15) is 6.42 Å². The van der Waals surface area contributed by atoms with Crippen molar-refractivity contribution in [2.45, 2.75) is 6.42 Å². The van der Waals surface area contributed by atoms with Crippen molar-refractivity contribution < 1.29 is 19.0 Å². The fourth-order valence-corrected chi connectivity index (χ4v) is 1.23. The molecule has 1 N–H and O–H groups in total. The highest BCUT2D eigenvalue weighted by molar-refractivity contribution is 5.79. The third-order valence-electron chi connectivity index (χ3n) is 1.93. The van der Waals surface area contributed by atoms with Gasteiger partial charge in [0.2, 0.25) is 0 Å². The van der Waals surface area contributed by atoms with Crippen LogP contribution in [-0.2, 0) is 9.53 Å². The van der Waals surface area contributed by atoms with E-state index in [2.05, 4.69) is 0 Å². The maximum atomic E-state index is 11.8. The van der Waals surface area contributed by atoms with Crippen molar-refractivity contribution in [3.05, 3.63) is 36.1 Å². The van der Waals surface area contributed by atoms with Gasteiger partial charge >= 0.3 is 5.97 Å². The molecule has 4 heteroatoms. The Kier molecular flexibility index (Phi) is 4.60. The first-order valence-electron chi connectivity index (χ1n) is 4.70. The van der Waals surface area contributed by atoms with E-state index < -0.39 is 12.6 Å². The first kappa shape index (κ1) is 11.5. The highest BCUT2D eigenvalue weighted by Gasteiger charge is 2.06. The molecule has 0 aliphatic heterocycles. The highest BCUT2D eigenvalue weighted by Crippen LogP contribution is 2.18. The zero-order valence-corrected chi connectivity index (χ0v) is 8.23. The van der Waals surface area contributed by atoms with Crippen LogP contribution < -0.4 is 0 Å². The van der Waals surface area contributed by atoms with Gasteiger partial charge in [0.15, 0.2) is 0 Å². The van der Waals surface area contributed by atoms with E-state index in [1.165, 1.54) is 0 Å². The summed E-state index contributed by atoms with van der Waals surface area (Å²) in [5.41, 5.74) is 0. The van der Waals surface area contributed by atoms with Gasteiger partial charge in [-0.25, -0.2) is 9.18 Å². The summed E-state index contributed by atoms with van der Waals surface area (Å²) < 4.78 is 16.8. The van der Waals surface area contributed by atoms with E-state index in [4.69, 9.17) is 9.84 Å². The predicted molar refractivity (Wildman–Crippen MR) is 54.0 cm³/mol. The number of alkyl halides is 1. The standard InChI is InChI=1S/C11H13FO3/c12-7-8-15-10-4-1-9(2-5-10)3-6-11(13)14/h1,3-6,9H,2,7-8H2,(H,13,14)/b6-3+. The lowest BCUT2D eigenvalue weighted by Crippen LogP contribution is -2.02. The minimum absolute atomic E-state index is 0.0613. The van der Waals surface area contributed by atoms with Gasteiger partial charge in [-0.1, -0.05) is 12.2 Å². The van der Waals surface area contributed by atoms with Gasteiger partial charge in [0.25, 0.3) is 0 Å². The smallest absolute Gasteiger partial charge is 0.327 e. The molecule has 0 aromatic rings. The van der Waals surface area contributed by atoms with Crippen LogP contribution in [-0.4, -0.2) is 24.4 Å². The van der Waals surface area contributed by atoms with Gasteiger partial charge in [-0.2, -0.15) is 0 Å². The maximum absolute atomic E-state index is 11.8. The monoisotopic (exact) mass is 212 g/mol. The molecule has 15 heavy (non-hydrogen) atoms. The average molecular weight is 212 g/mol. The fourth-order valence-electron chi connectivity index (χ4n) is 1.23. The van der Waals surface area contributed by atoms with Gasteiger partial charge in [-0.15, -0.1) is 0 Å². The van der Waals surface area contributed by atoms with E-state index >= 15 is 0 Å². The second-order valence-corrected chi connectivity index (χ2v) is 3.10. The molecule has 3 nitrogen and oxygen atoms in total. The Bertz CT molecular complexity index is 305. The van der Waals surface area contributed by atoms with E-state index in [1.54, 1.807) is 12.2 Å². The molecule has 0 aromatic heterocycles. The molecule has 0 spiro atoms. The first-order valence-corrected chi connectivity index (χ1v) is 4.70. The van der Waals surface area contributed by atoms with E-state index in [0.717, 1.165) is 6.08 Å². The van der Waals surface area contributed by atoms with Crippen molar-refractivity contribution in [2.24, 2.45) is 5.92 Å². The molecule has 0 heterocycles. The Morgan fingerprint density at radius 2 is 2.53 bits per heavy atom. The number of hydrogen-bond donors (Lipinski definition) is 1. The summed E-state index contributed by atoms with van der Waals surface area (Å²) in [7, 11) is 0. The predicted octanol–water partition coefficient (Wildman–Crippen LogP) is 2.07. The van der Waals surface area contributed by atoms with Crippen LogP contribution in [0.25, 0.3) is 0 Å². The number of ether oxygens (including phenoxy) is 1. The van der Waals surface area contributed by atoms with Gasteiger partial charge in [0, 0.05) is 6.08 Å². The fraction of sp³-hybridized carbons (Fsp3) is 0.364. The molecule has 82 valence electrons. The van der Waals surface area contributed by atoms with Crippen molar-refractivity contribution in [3.8, 4) is 0 Å². The molecule has 0 amide bonds. The Morgan fingerprint density at radius 1 is 1.73 bits per heavy atom. The second-order valence-electron chi connectivity index (χ2n) is 3.10. The number of allylic oxidation sites excluding steroid dienone is 4. The molecule has 0 fully saturated rings. The van der Waals surface area contributed by atoms with Crippen molar-refractivity contribution in [3.63, 3.8) is 0 Å². The summed E-state index contributed by atoms with van der Waals surface area (Å²) in [6.45, 7) is -0.445. The number of hydrogen-bond acceptors (Lipinski definition) is 2. The highest BCUT2D eigenvalue weighted by atomic mass is 19.1. The summed E-state index contributed by atoms with van der Waals surface area (Å²) in [6, 6.07) is 0. The van der Waals surface area contributed by atoms with Gasteiger partial charge in [0.05, 0.1) is 0 Å². The molecule has 1 rings (SSSR count). The number of carboxylic acids is 1. The van der Waals surface area contributed by atoms with Gasteiger partial charge < -0.3 is 9.84 Å². The minimum atomic E-state index is -0.952. The van der Waals surface area contributed by atoms with Crippen LogP contribution in [0.5, 0.6) is 0 Å². The molecule has 0 saturated carbocycles. The van der Waals surface area contributed by atoms with Crippen LogP contribution in [0.15, 0.2) is 36.1 Å². The molecule has 0 aromatic carbocycles.